The van der Waals surface area contributed by atoms with Crippen LogP contribution >= 0.6 is 11.6 Å². The van der Waals surface area contributed by atoms with Crippen LogP contribution in [0.4, 0.5) is 0 Å². The monoisotopic (exact) mass is 226 g/mol. The van der Waals surface area contributed by atoms with Gasteiger partial charge in [-0.05, 0) is 37.5 Å². The summed E-state index contributed by atoms with van der Waals surface area (Å²) >= 11 is 6.00. The van der Waals surface area contributed by atoms with Gasteiger partial charge in [0.05, 0.1) is 6.10 Å². The van der Waals surface area contributed by atoms with Crippen LogP contribution in [0.1, 0.15) is 18.4 Å². The summed E-state index contributed by atoms with van der Waals surface area (Å²) in [6.07, 6.45) is 2.49. The van der Waals surface area contributed by atoms with E-state index in [-0.39, 0.29) is 6.10 Å². The lowest BCUT2D eigenvalue weighted by atomic mass is 10.2. The van der Waals surface area contributed by atoms with Gasteiger partial charge in [0.15, 0.2) is 0 Å². The Bertz CT molecular complexity index is 332. The quantitative estimate of drug-likeness (QED) is 0.788. The van der Waals surface area contributed by atoms with Crippen molar-refractivity contribution in [2.24, 2.45) is 0 Å². The zero-order valence-corrected chi connectivity index (χ0v) is 9.59. The van der Waals surface area contributed by atoms with Crippen LogP contribution in [0.5, 0.6) is 5.75 Å². The van der Waals surface area contributed by atoms with Crippen LogP contribution in [-0.2, 0) is 4.74 Å². The van der Waals surface area contributed by atoms with Crippen molar-refractivity contribution in [2.45, 2.75) is 25.9 Å². The Morgan fingerprint density at radius 2 is 2.40 bits per heavy atom. The van der Waals surface area contributed by atoms with E-state index in [2.05, 4.69) is 0 Å². The van der Waals surface area contributed by atoms with E-state index < -0.39 is 0 Å². The molecule has 2 rings (SSSR count). The van der Waals surface area contributed by atoms with Gasteiger partial charge in [-0.1, -0.05) is 17.7 Å². The molecule has 1 unspecified atom stereocenters. The second-order valence-corrected chi connectivity index (χ2v) is 4.26. The average Bonchev–Trinajstić information content (AvgIpc) is 2.73. The van der Waals surface area contributed by atoms with Gasteiger partial charge in [0.1, 0.15) is 12.4 Å². The highest BCUT2D eigenvalue weighted by Crippen LogP contribution is 2.22. The summed E-state index contributed by atoms with van der Waals surface area (Å²) in [5, 5.41) is 0.750. The highest BCUT2D eigenvalue weighted by Gasteiger charge is 2.15. The van der Waals surface area contributed by atoms with Crippen molar-refractivity contribution in [1.29, 1.82) is 0 Å². The molecule has 0 saturated carbocycles. The normalized spacial score (nSPS) is 20.5. The van der Waals surface area contributed by atoms with Crippen LogP contribution < -0.4 is 4.74 Å². The van der Waals surface area contributed by atoms with Crippen molar-refractivity contribution in [1.82, 2.24) is 0 Å². The van der Waals surface area contributed by atoms with Crippen molar-refractivity contribution in [2.75, 3.05) is 13.2 Å². The summed E-state index contributed by atoms with van der Waals surface area (Å²) in [6, 6.07) is 5.76. The summed E-state index contributed by atoms with van der Waals surface area (Å²) in [5.41, 5.74) is 1.07. The molecule has 1 aliphatic rings. The number of aryl methyl sites for hydroxylation is 1. The molecule has 1 fully saturated rings. The third kappa shape index (κ3) is 2.86. The van der Waals surface area contributed by atoms with E-state index in [1.807, 2.05) is 25.1 Å². The van der Waals surface area contributed by atoms with Crippen molar-refractivity contribution >= 4 is 11.6 Å². The highest BCUT2D eigenvalue weighted by atomic mass is 35.5. The number of rotatable bonds is 3. The molecule has 2 nitrogen and oxygen atoms in total. The van der Waals surface area contributed by atoms with E-state index in [0.29, 0.717) is 6.61 Å². The van der Waals surface area contributed by atoms with Crippen LogP contribution in [0, 0.1) is 6.92 Å². The lowest BCUT2D eigenvalue weighted by Gasteiger charge is -2.11. The van der Waals surface area contributed by atoms with Crippen LogP contribution in [0.2, 0.25) is 5.02 Å². The number of hydrogen-bond donors (Lipinski definition) is 0. The molecular weight excluding hydrogens is 212 g/mol. The largest absolute Gasteiger partial charge is 0.491 e. The Labute approximate surface area is 95.1 Å². The molecule has 3 heteroatoms. The molecule has 0 aromatic heterocycles. The summed E-state index contributed by atoms with van der Waals surface area (Å²) in [7, 11) is 0. The van der Waals surface area contributed by atoms with Gasteiger partial charge in [0.2, 0.25) is 0 Å². The third-order valence-corrected chi connectivity index (χ3v) is 3.01. The molecule has 0 amide bonds. The fourth-order valence-electron chi connectivity index (χ4n) is 1.63. The lowest BCUT2D eigenvalue weighted by Crippen LogP contribution is -2.16. The number of hydrogen-bond acceptors (Lipinski definition) is 2. The van der Waals surface area contributed by atoms with Gasteiger partial charge in [-0.15, -0.1) is 0 Å². The number of ether oxygens (including phenoxy) is 2. The molecule has 1 aromatic rings. The van der Waals surface area contributed by atoms with Gasteiger partial charge in [-0.2, -0.15) is 0 Å². The van der Waals surface area contributed by atoms with E-state index in [1.54, 1.807) is 0 Å². The van der Waals surface area contributed by atoms with E-state index in [9.17, 15) is 0 Å². The molecule has 82 valence electrons. The summed E-state index contributed by atoms with van der Waals surface area (Å²) in [4.78, 5) is 0. The predicted molar refractivity (Wildman–Crippen MR) is 60.7 cm³/mol. The topological polar surface area (TPSA) is 18.5 Å². The minimum atomic E-state index is 0.255. The van der Waals surface area contributed by atoms with Crippen molar-refractivity contribution < 1.29 is 9.47 Å². The fourth-order valence-corrected chi connectivity index (χ4v) is 1.80. The molecule has 1 aromatic carbocycles. The first kappa shape index (κ1) is 10.8. The molecule has 0 N–H and O–H groups in total. The molecule has 1 aliphatic heterocycles. The average molecular weight is 227 g/mol. The first-order chi connectivity index (χ1) is 7.25. The Morgan fingerprint density at radius 3 is 3.07 bits per heavy atom. The molecular formula is C12H15ClO2. The van der Waals surface area contributed by atoms with Crippen molar-refractivity contribution in [3.8, 4) is 5.75 Å². The lowest BCUT2D eigenvalue weighted by molar-refractivity contribution is 0.0679. The van der Waals surface area contributed by atoms with E-state index >= 15 is 0 Å². The smallest absolute Gasteiger partial charge is 0.120 e. The van der Waals surface area contributed by atoms with Crippen LogP contribution in [0.3, 0.4) is 0 Å². The molecule has 0 aliphatic carbocycles. The number of benzene rings is 1. The maximum Gasteiger partial charge on any atom is 0.120 e. The van der Waals surface area contributed by atoms with Gasteiger partial charge in [0.25, 0.3) is 0 Å². The van der Waals surface area contributed by atoms with Gasteiger partial charge < -0.3 is 9.47 Å². The summed E-state index contributed by atoms with van der Waals surface area (Å²) < 4.78 is 11.1. The zero-order valence-electron chi connectivity index (χ0n) is 8.83. The fraction of sp³-hybridized carbons (Fsp3) is 0.500. The molecule has 1 saturated heterocycles. The standard InChI is InChI=1S/C12H15ClO2/c1-9-4-5-10(7-12(9)13)15-8-11-3-2-6-14-11/h4-5,7,11H,2-3,6,8H2,1H3. The highest BCUT2D eigenvalue weighted by molar-refractivity contribution is 6.31. The molecule has 15 heavy (non-hydrogen) atoms. The maximum atomic E-state index is 6.00. The zero-order chi connectivity index (χ0) is 10.7. The minimum Gasteiger partial charge on any atom is -0.491 e. The first-order valence-electron chi connectivity index (χ1n) is 5.26. The summed E-state index contributed by atoms with van der Waals surface area (Å²) in [6.45, 7) is 3.47. The maximum absolute atomic E-state index is 6.00. The Balaban J connectivity index is 1.90. The predicted octanol–water partition coefficient (Wildman–Crippen LogP) is 3.21. The second-order valence-electron chi connectivity index (χ2n) is 3.86. The third-order valence-electron chi connectivity index (χ3n) is 2.60. The second kappa shape index (κ2) is 4.86. The van der Waals surface area contributed by atoms with E-state index in [0.717, 1.165) is 35.8 Å². The van der Waals surface area contributed by atoms with Gasteiger partial charge in [0, 0.05) is 11.6 Å². The molecule has 0 bridgehead atoms. The first-order valence-corrected chi connectivity index (χ1v) is 5.64. The van der Waals surface area contributed by atoms with Gasteiger partial charge in [-0.25, -0.2) is 0 Å². The van der Waals surface area contributed by atoms with Crippen molar-refractivity contribution in [3.63, 3.8) is 0 Å². The molecule has 0 spiro atoms. The molecule has 0 radical (unpaired) electrons. The van der Waals surface area contributed by atoms with Crippen LogP contribution in [-0.4, -0.2) is 19.3 Å². The molecule has 1 atom stereocenters. The Kier molecular flexibility index (Phi) is 3.49. The Morgan fingerprint density at radius 1 is 1.53 bits per heavy atom. The van der Waals surface area contributed by atoms with Crippen LogP contribution in [0.15, 0.2) is 18.2 Å². The van der Waals surface area contributed by atoms with Gasteiger partial charge in [-0.3, -0.25) is 0 Å². The van der Waals surface area contributed by atoms with Crippen molar-refractivity contribution in [3.05, 3.63) is 28.8 Å². The minimum absolute atomic E-state index is 0.255. The van der Waals surface area contributed by atoms with Gasteiger partial charge >= 0.3 is 0 Å². The number of halogens is 1. The SMILES string of the molecule is Cc1ccc(OCC2CCCO2)cc1Cl. The van der Waals surface area contributed by atoms with Crippen LogP contribution in [0.25, 0.3) is 0 Å². The van der Waals surface area contributed by atoms with E-state index in [4.69, 9.17) is 21.1 Å². The Hall–Kier alpha value is -0.730. The van der Waals surface area contributed by atoms with E-state index in [1.165, 1.54) is 0 Å². The molecule has 1 heterocycles. The summed E-state index contributed by atoms with van der Waals surface area (Å²) in [5.74, 6) is 0.820.